The Hall–Kier alpha value is -0.520. The van der Waals surface area contributed by atoms with Crippen molar-refractivity contribution in [1.82, 2.24) is 0 Å². The molecule has 0 aromatic heterocycles. The van der Waals surface area contributed by atoms with Gasteiger partial charge in [0.05, 0.1) is 0 Å². The van der Waals surface area contributed by atoms with Gasteiger partial charge in [-0.25, -0.2) is 0 Å². The van der Waals surface area contributed by atoms with Crippen LogP contribution in [-0.2, 0) is 0 Å². The molecule has 0 saturated heterocycles. The van der Waals surface area contributed by atoms with Crippen molar-refractivity contribution in [2.75, 3.05) is 0 Å². The summed E-state index contributed by atoms with van der Waals surface area (Å²) in [5.74, 6) is 0.916. The van der Waals surface area contributed by atoms with Crippen molar-refractivity contribution in [3.8, 4) is 0 Å². The molecule has 76 valence electrons. The minimum absolute atomic E-state index is 0.916. The third-order valence-corrected chi connectivity index (χ3v) is 2.45. The molecule has 1 unspecified atom stereocenters. The van der Waals surface area contributed by atoms with E-state index in [0.29, 0.717) is 0 Å². The average molecular weight is 180 g/mol. The summed E-state index contributed by atoms with van der Waals surface area (Å²) in [6.45, 7) is 8.15. The maximum Gasteiger partial charge on any atom is -0.0348 e. The summed E-state index contributed by atoms with van der Waals surface area (Å²) in [7, 11) is 0. The topological polar surface area (TPSA) is 0 Å². The lowest BCUT2D eigenvalue weighted by molar-refractivity contribution is 0.422. The lowest BCUT2D eigenvalue weighted by Gasteiger charge is -2.13. The third kappa shape index (κ3) is 7.83. The summed E-state index contributed by atoms with van der Waals surface area (Å²) >= 11 is 0. The van der Waals surface area contributed by atoms with E-state index < -0.39 is 0 Å². The van der Waals surface area contributed by atoms with Gasteiger partial charge in [0.25, 0.3) is 0 Å². The number of hydrogen-bond donors (Lipinski definition) is 0. The first-order chi connectivity index (χ1) is 6.35. The van der Waals surface area contributed by atoms with Crippen LogP contribution in [0.1, 0.15) is 52.4 Å². The van der Waals surface area contributed by atoms with Gasteiger partial charge in [0.1, 0.15) is 0 Å². The minimum atomic E-state index is 0.916. The van der Waals surface area contributed by atoms with E-state index in [0.717, 1.165) is 5.92 Å². The Kier molecular flexibility index (Phi) is 9.18. The molecule has 0 aromatic carbocycles. The molecule has 0 spiro atoms. The SMILES string of the molecule is C=CCCC(CCC)CCC=CC. The fourth-order valence-electron chi connectivity index (χ4n) is 1.69. The van der Waals surface area contributed by atoms with Crippen molar-refractivity contribution in [2.45, 2.75) is 52.4 Å². The Labute approximate surface area is 83.7 Å². The predicted molar refractivity (Wildman–Crippen MR) is 61.9 cm³/mol. The molecule has 0 aliphatic carbocycles. The second-order valence-electron chi connectivity index (χ2n) is 3.67. The summed E-state index contributed by atoms with van der Waals surface area (Å²) in [5.41, 5.74) is 0. The maximum atomic E-state index is 3.78. The first-order valence-electron chi connectivity index (χ1n) is 5.57. The van der Waals surface area contributed by atoms with Gasteiger partial charge in [-0.3, -0.25) is 0 Å². The van der Waals surface area contributed by atoms with Crippen LogP contribution < -0.4 is 0 Å². The monoisotopic (exact) mass is 180 g/mol. The lowest BCUT2D eigenvalue weighted by atomic mass is 9.93. The van der Waals surface area contributed by atoms with E-state index in [4.69, 9.17) is 0 Å². The zero-order chi connectivity index (χ0) is 9.94. The molecular weight excluding hydrogens is 156 g/mol. The Morgan fingerprint density at radius 3 is 2.38 bits per heavy atom. The van der Waals surface area contributed by atoms with Crippen LogP contribution in [-0.4, -0.2) is 0 Å². The van der Waals surface area contributed by atoms with Crippen LogP contribution in [0.2, 0.25) is 0 Å². The molecule has 0 radical (unpaired) electrons. The zero-order valence-corrected chi connectivity index (χ0v) is 9.26. The summed E-state index contributed by atoms with van der Waals surface area (Å²) < 4.78 is 0. The van der Waals surface area contributed by atoms with Crippen LogP contribution in [0, 0.1) is 5.92 Å². The van der Waals surface area contributed by atoms with E-state index in [1.54, 1.807) is 0 Å². The average Bonchev–Trinajstić information content (AvgIpc) is 2.14. The molecule has 0 rings (SSSR count). The quantitative estimate of drug-likeness (QED) is 0.474. The first kappa shape index (κ1) is 12.5. The number of allylic oxidation sites excluding steroid dienone is 3. The molecule has 0 heteroatoms. The van der Waals surface area contributed by atoms with Gasteiger partial charge in [0.2, 0.25) is 0 Å². The van der Waals surface area contributed by atoms with Crippen LogP contribution >= 0.6 is 0 Å². The highest BCUT2D eigenvalue weighted by atomic mass is 14.1. The molecule has 0 aromatic rings. The summed E-state index contributed by atoms with van der Waals surface area (Å²) in [6, 6.07) is 0. The molecule has 0 aliphatic heterocycles. The van der Waals surface area contributed by atoms with Gasteiger partial charge in [-0.2, -0.15) is 0 Å². The molecular formula is C13H24. The van der Waals surface area contributed by atoms with Crippen LogP contribution in [0.3, 0.4) is 0 Å². The van der Waals surface area contributed by atoms with Crippen LogP contribution in [0.4, 0.5) is 0 Å². The second kappa shape index (κ2) is 9.57. The number of rotatable bonds is 8. The molecule has 0 fully saturated rings. The third-order valence-electron chi connectivity index (χ3n) is 2.45. The van der Waals surface area contributed by atoms with Crippen molar-refractivity contribution in [1.29, 1.82) is 0 Å². The van der Waals surface area contributed by atoms with E-state index in [-0.39, 0.29) is 0 Å². The molecule has 0 aliphatic rings. The van der Waals surface area contributed by atoms with Crippen molar-refractivity contribution in [3.05, 3.63) is 24.8 Å². The van der Waals surface area contributed by atoms with Gasteiger partial charge in [-0.1, -0.05) is 38.0 Å². The van der Waals surface area contributed by atoms with Gasteiger partial charge in [0.15, 0.2) is 0 Å². The predicted octanol–water partition coefficient (Wildman–Crippen LogP) is 4.73. The smallest absolute Gasteiger partial charge is 0.0348 e. The first-order valence-corrected chi connectivity index (χ1v) is 5.57. The summed E-state index contributed by atoms with van der Waals surface area (Å²) in [4.78, 5) is 0. The van der Waals surface area contributed by atoms with E-state index in [1.165, 1.54) is 38.5 Å². The van der Waals surface area contributed by atoms with E-state index in [9.17, 15) is 0 Å². The highest BCUT2D eigenvalue weighted by Gasteiger charge is 2.04. The Morgan fingerprint density at radius 1 is 1.15 bits per heavy atom. The fraction of sp³-hybridized carbons (Fsp3) is 0.692. The van der Waals surface area contributed by atoms with Crippen molar-refractivity contribution < 1.29 is 0 Å². The van der Waals surface area contributed by atoms with Gasteiger partial charge in [-0.15, -0.1) is 6.58 Å². The molecule has 0 N–H and O–H groups in total. The Balaban J connectivity index is 3.58. The van der Waals surface area contributed by atoms with E-state index in [1.807, 2.05) is 6.08 Å². The summed E-state index contributed by atoms with van der Waals surface area (Å²) in [5, 5.41) is 0. The van der Waals surface area contributed by atoms with Gasteiger partial charge in [-0.05, 0) is 38.5 Å². The fourth-order valence-corrected chi connectivity index (χ4v) is 1.69. The molecule has 0 heterocycles. The molecule has 1 atom stereocenters. The van der Waals surface area contributed by atoms with Crippen LogP contribution in [0.15, 0.2) is 24.8 Å². The zero-order valence-electron chi connectivity index (χ0n) is 9.26. The van der Waals surface area contributed by atoms with Crippen LogP contribution in [0.5, 0.6) is 0 Å². The van der Waals surface area contributed by atoms with Crippen molar-refractivity contribution >= 4 is 0 Å². The minimum Gasteiger partial charge on any atom is -0.103 e. The van der Waals surface area contributed by atoms with Gasteiger partial charge in [0, 0.05) is 0 Å². The Morgan fingerprint density at radius 2 is 1.85 bits per heavy atom. The Bertz CT molecular complexity index is 133. The molecule has 13 heavy (non-hydrogen) atoms. The standard InChI is InChI=1S/C13H24/c1-4-7-9-12-13(10-6-3)11-8-5-2/h4-5,7,13H,2,6,8-12H2,1,3H3. The second-order valence-corrected chi connectivity index (χ2v) is 3.67. The molecule has 0 nitrogen and oxygen atoms in total. The van der Waals surface area contributed by atoms with Gasteiger partial charge < -0.3 is 0 Å². The highest BCUT2D eigenvalue weighted by molar-refractivity contribution is 4.78. The van der Waals surface area contributed by atoms with Crippen molar-refractivity contribution in [2.24, 2.45) is 5.92 Å². The normalized spacial score (nSPS) is 13.4. The molecule has 0 saturated carbocycles. The largest absolute Gasteiger partial charge is 0.103 e. The van der Waals surface area contributed by atoms with E-state index in [2.05, 4.69) is 32.6 Å². The van der Waals surface area contributed by atoms with Crippen LogP contribution in [0.25, 0.3) is 0 Å². The highest BCUT2D eigenvalue weighted by Crippen LogP contribution is 2.19. The number of hydrogen-bond acceptors (Lipinski definition) is 0. The van der Waals surface area contributed by atoms with Crippen molar-refractivity contribution in [3.63, 3.8) is 0 Å². The summed E-state index contributed by atoms with van der Waals surface area (Å²) in [6.07, 6.45) is 14.3. The van der Waals surface area contributed by atoms with Gasteiger partial charge >= 0.3 is 0 Å². The molecule has 0 bridgehead atoms. The van der Waals surface area contributed by atoms with E-state index >= 15 is 0 Å². The maximum absolute atomic E-state index is 3.78. The lowest BCUT2D eigenvalue weighted by Crippen LogP contribution is -1.98. The molecule has 0 amide bonds.